The first-order chi connectivity index (χ1) is 18.6. The molecule has 0 saturated heterocycles. The lowest BCUT2D eigenvalue weighted by molar-refractivity contribution is -0.188. The molecule has 5 rings (SSSR count). The van der Waals surface area contributed by atoms with E-state index in [9.17, 15) is 14.4 Å². The van der Waals surface area contributed by atoms with Gasteiger partial charge in [-0.15, -0.1) is 0 Å². The molecule has 0 spiro atoms. The van der Waals surface area contributed by atoms with Crippen molar-refractivity contribution in [3.05, 3.63) is 11.6 Å². The Morgan fingerprint density at radius 2 is 1.60 bits per heavy atom. The summed E-state index contributed by atoms with van der Waals surface area (Å²) in [5.74, 6) is 1.06. The number of ether oxygens (including phenoxy) is 1. The Kier molecular flexibility index (Phi) is 7.35. The fraction of sp³-hybridized carbons (Fsp3) is 0.861. The van der Waals surface area contributed by atoms with E-state index in [4.69, 9.17) is 4.74 Å². The zero-order valence-corrected chi connectivity index (χ0v) is 26.8. The number of carbonyl (C=O) groups is 3. The van der Waals surface area contributed by atoms with Gasteiger partial charge in [-0.05, 0) is 104 Å². The average molecular weight is 553 g/mol. The van der Waals surface area contributed by atoms with Crippen LogP contribution in [0, 0.1) is 50.2 Å². The lowest BCUT2D eigenvalue weighted by Gasteiger charge is -2.69. The highest BCUT2D eigenvalue weighted by molar-refractivity contribution is 5.96. The van der Waals surface area contributed by atoms with Crippen LogP contribution in [0.3, 0.4) is 0 Å². The minimum absolute atomic E-state index is 0.0349. The van der Waals surface area contributed by atoms with Crippen molar-refractivity contribution < 1.29 is 19.1 Å². The number of hydrogen-bond donors (Lipinski definition) is 0. The summed E-state index contributed by atoms with van der Waals surface area (Å²) in [5, 5.41) is 0. The summed E-state index contributed by atoms with van der Waals surface area (Å²) in [4.78, 5) is 40.9. The molecule has 5 aliphatic rings. The molecular formula is C36H56O4. The fourth-order valence-electron chi connectivity index (χ4n) is 11.0. The van der Waals surface area contributed by atoms with E-state index < -0.39 is 5.41 Å². The van der Waals surface area contributed by atoms with E-state index in [-0.39, 0.29) is 50.8 Å². The smallest absolute Gasteiger partial charge is 0.311 e. The average Bonchev–Trinajstić information content (AvgIpc) is 2.88. The molecule has 0 amide bonds. The van der Waals surface area contributed by atoms with Crippen LogP contribution in [0.1, 0.15) is 139 Å². The van der Waals surface area contributed by atoms with Gasteiger partial charge in [0.25, 0.3) is 0 Å². The first-order valence-electron chi connectivity index (χ1n) is 16.6. The highest BCUT2D eigenvalue weighted by Crippen LogP contribution is 2.74. The van der Waals surface area contributed by atoms with Crippen molar-refractivity contribution in [2.75, 3.05) is 6.61 Å². The highest BCUT2D eigenvalue weighted by atomic mass is 16.5. The van der Waals surface area contributed by atoms with Crippen molar-refractivity contribution in [3.8, 4) is 0 Å². The van der Waals surface area contributed by atoms with E-state index in [0.717, 1.165) is 64.2 Å². The molecule has 0 aliphatic heterocycles. The van der Waals surface area contributed by atoms with Crippen LogP contribution in [-0.2, 0) is 19.1 Å². The minimum atomic E-state index is -0.494. The molecule has 0 aromatic rings. The van der Waals surface area contributed by atoms with Crippen LogP contribution < -0.4 is 0 Å². The topological polar surface area (TPSA) is 60.4 Å². The summed E-state index contributed by atoms with van der Waals surface area (Å²) in [6, 6.07) is 0. The maximum absolute atomic E-state index is 14.4. The number of Topliss-reactive ketones (excluding diaryl/α,β-unsaturated/α-hetero) is 1. The van der Waals surface area contributed by atoms with Crippen LogP contribution >= 0.6 is 0 Å². The van der Waals surface area contributed by atoms with Crippen molar-refractivity contribution >= 4 is 17.5 Å². The predicted octanol–water partition coefficient (Wildman–Crippen LogP) is 8.66. The highest BCUT2D eigenvalue weighted by Gasteiger charge is 2.70. The molecule has 4 fully saturated rings. The molecule has 0 N–H and O–H groups in total. The van der Waals surface area contributed by atoms with Crippen LogP contribution in [0.2, 0.25) is 0 Å². The summed E-state index contributed by atoms with van der Waals surface area (Å²) in [6.45, 7) is 18.7. The summed E-state index contributed by atoms with van der Waals surface area (Å²) in [5.41, 5.74) is 0.230. The van der Waals surface area contributed by atoms with E-state index >= 15 is 0 Å². The Balaban J connectivity index is 1.47. The fourth-order valence-corrected chi connectivity index (χ4v) is 11.0. The van der Waals surface area contributed by atoms with Gasteiger partial charge in [0.1, 0.15) is 5.78 Å². The summed E-state index contributed by atoms with van der Waals surface area (Å²) >= 11 is 0. The Hall–Kier alpha value is -1.45. The van der Waals surface area contributed by atoms with E-state index in [1.165, 1.54) is 18.4 Å². The molecule has 0 aromatic heterocycles. The summed E-state index contributed by atoms with van der Waals surface area (Å²) in [6.07, 6.45) is 14.8. The lowest BCUT2D eigenvalue weighted by atomic mass is 9.33. The standard InChI is InChI=1S/C36H56O4/c1-9-10-11-12-21-40-30(39)33(5)18-17-32(4)19-20-35(7)24(25(32)23-33)22-26(37)29-34(6)15-14-28(38)31(2,3)27(34)13-16-36(29,35)8/h22,25,27,29H,9-21,23H2,1-8H3/t25-,27?,29?,32-,33+,34+,35-,36-/m1/s1. The molecule has 0 aromatic carbocycles. The molecule has 4 heteroatoms. The molecule has 224 valence electrons. The number of carbonyl (C=O) groups excluding carboxylic acids is 3. The van der Waals surface area contributed by atoms with Crippen molar-refractivity contribution in [1.29, 1.82) is 0 Å². The van der Waals surface area contributed by atoms with Crippen molar-refractivity contribution in [1.82, 2.24) is 0 Å². The molecule has 4 nitrogen and oxygen atoms in total. The second kappa shape index (κ2) is 9.80. The van der Waals surface area contributed by atoms with Gasteiger partial charge in [-0.1, -0.05) is 73.3 Å². The maximum atomic E-state index is 14.4. The van der Waals surface area contributed by atoms with Gasteiger partial charge in [-0.3, -0.25) is 14.4 Å². The van der Waals surface area contributed by atoms with E-state index in [1.807, 2.05) is 0 Å². The number of ketones is 2. The summed E-state index contributed by atoms with van der Waals surface area (Å²) in [7, 11) is 0. The van der Waals surface area contributed by atoms with Crippen LogP contribution in [0.15, 0.2) is 11.6 Å². The third kappa shape index (κ3) is 4.15. The van der Waals surface area contributed by atoms with Gasteiger partial charge < -0.3 is 4.74 Å². The van der Waals surface area contributed by atoms with E-state index in [1.54, 1.807) is 0 Å². The van der Waals surface area contributed by atoms with Crippen LogP contribution in [-0.4, -0.2) is 24.1 Å². The van der Waals surface area contributed by atoms with Crippen molar-refractivity contribution in [2.45, 2.75) is 139 Å². The molecule has 5 aliphatic carbocycles. The van der Waals surface area contributed by atoms with Gasteiger partial charge in [0, 0.05) is 17.8 Å². The van der Waals surface area contributed by atoms with Crippen LogP contribution in [0.4, 0.5) is 0 Å². The largest absolute Gasteiger partial charge is 0.465 e. The lowest BCUT2D eigenvalue weighted by Crippen LogP contribution is -2.66. The van der Waals surface area contributed by atoms with E-state index in [0.29, 0.717) is 24.6 Å². The molecule has 8 atom stereocenters. The first kappa shape index (κ1) is 30.0. The van der Waals surface area contributed by atoms with Crippen LogP contribution in [0.5, 0.6) is 0 Å². The van der Waals surface area contributed by atoms with Crippen molar-refractivity contribution in [2.24, 2.45) is 50.2 Å². The molecule has 4 saturated carbocycles. The second-order valence-corrected chi connectivity index (χ2v) is 16.6. The number of fused-ring (bicyclic) bond motifs is 7. The monoisotopic (exact) mass is 552 g/mol. The van der Waals surface area contributed by atoms with Gasteiger partial charge in [0.2, 0.25) is 0 Å². The number of esters is 1. The Bertz CT molecular complexity index is 1100. The number of allylic oxidation sites excluding steroid dienone is 2. The molecular weight excluding hydrogens is 496 g/mol. The quantitative estimate of drug-likeness (QED) is 0.244. The molecule has 0 heterocycles. The predicted molar refractivity (Wildman–Crippen MR) is 160 cm³/mol. The van der Waals surface area contributed by atoms with Gasteiger partial charge >= 0.3 is 5.97 Å². The van der Waals surface area contributed by atoms with Gasteiger partial charge in [0.15, 0.2) is 5.78 Å². The van der Waals surface area contributed by atoms with E-state index in [2.05, 4.69) is 61.5 Å². The zero-order chi connectivity index (χ0) is 29.4. The normalized spacial score (nSPS) is 45.9. The Morgan fingerprint density at radius 3 is 2.30 bits per heavy atom. The number of rotatable bonds is 6. The Labute approximate surface area is 243 Å². The third-order valence-corrected chi connectivity index (χ3v) is 14.0. The molecule has 0 radical (unpaired) electrons. The number of hydrogen-bond acceptors (Lipinski definition) is 4. The third-order valence-electron chi connectivity index (χ3n) is 14.0. The van der Waals surface area contributed by atoms with Gasteiger partial charge in [-0.25, -0.2) is 0 Å². The zero-order valence-electron chi connectivity index (χ0n) is 26.8. The van der Waals surface area contributed by atoms with Gasteiger partial charge in [0.05, 0.1) is 12.0 Å². The first-order valence-corrected chi connectivity index (χ1v) is 16.6. The van der Waals surface area contributed by atoms with Crippen LogP contribution in [0.25, 0.3) is 0 Å². The Morgan fingerprint density at radius 1 is 0.900 bits per heavy atom. The number of unbranched alkanes of at least 4 members (excludes halogenated alkanes) is 3. The molecule has 0 bridgehead atoms. The van der Waals surface area contributed by atoms with Crippen molar-refractivity contribution in [3.63, 3.8) is 0 Å². The molecule has 2 unspecified atom stereocenters. The minimum Gasteiger partial charge on any atom is -0.465 e. The van der Waals surface area contributed by atoms with Gasteiger partial charge in [-0.2, -0.15) is 0 Å². The SMILES string of the molecule is CCCCCCOC(=O)[C@@]1(C)CC[C@]2(C)CC[C@]3(C)C(=CC(=O)C4[C@@]5(C)CCC(=O)C(C)(C)C5CC[C@]43C)[C@H]2C1. The molecule has 40 heavy (non-hydrogen) atoms. The summed E-state index contributed by atoms with van der Waals surface area (Å²) < 4.78 is 5.88. The second-order valence-electron chi connectivity index (χ2n) is 16.6. The maximum Gasteiger partial charge on any atom is 0.311 e.